The number of hydrogen-bond donors (Lipinski definition) is 0. The van der Waals surface area contributed by atoms with E-state index in [2.05, 4.69) is 43.5 Å². The van der Waals surface area contributed by atoms with Gasteiger partial charge in [-0.05, 0) is 99.5 Å². The summed E-state index contributed by atoms with van der Waals surface area (Å²) >= 11 is 5.67. The number of carbonyl (C=O) groups is 2. The number of aliphatic imine (C=N–C) groups is 1. The van der Waals surface area contributed by atoms with E-state index in [1.54, 1.807) is 42.5 Å². The molecule has 0 unspecified atom stereocenters. The Labute approximate surface area is 201 Å². The van der Waals surface area contributed by atoms with Gasteiger partial charge in [0, 0.05) is 13.6 Å². The number of benzene rings is 3. The highest BCUT2D eigenvalue weighted by Crippen LogP contribution is 2.25. The van der Waals surface area contributed by atoms with Gasteiger partial charge < -0.3 is 9.47 Å². The minimum absolute atomic E-state index is 0.203. The van der Waals surface area contributed by atoms with E-state index in [9.17, 15) is 9.59 Å². The standard InChI is InChI=1S/C24H15BrINO4/c1-14-2-6-16(7-3-14)23(28)30-18-9-4-15(5-10-18)12-21-24(29)31-22(27-21)17-8-11-20(26)19(25)13-17/h2-13H,1H3/b21-12-. The van der Waals surface area contributed by atoms with Crippen molar-refractivity contribution >= 4 is 62.4 Å². The van der Waals surface area contributed by atoms with Gasteiger partial charge in [0.15, 0.2) is 5.70 Å². The summed E-state index contributed by atoms with van der Waals surface area (Å²) in [5.74, 6) is -0.269. The maximum atomic E-state index is 12.2. The maximum Gasteiger partial charge on any atom is 0.363 e. The van der Waals surface area contributed by atoms with E-state index >= 15 is 0 Å². The molecule has 1 aliphatic rings. The number of esters is 2. The molecule has 0 bridgehead atoms. The van der Waals surface area contributed by atoms with E-state index in [1.165, 1.54) is 0 Å². The molecule has 0 fully saturated rings. The summed E-state index contributed by atoms with van der Waals surface area (Å²) in [6, 6.07) is 19.6. The third-order valence-electron chi connectivity index (χ3n) is 4.47. The molecule has 154 valence electrons. The fraction of sp³-hybridized carbons (Fsp3) is 0.0417. The minimum atomic E-state index is -0.514. The van der Waals surface area contributed by atoms with Gasteiger partial charge in [0.25, 0.3) is 0 Å². The second-order valence-corrected chi connectivity index (χ2v) is 8.81. The SMILES string of the molecule is Cc1ccc(C(=O)Oc2ccc(/C=C3\N=C(c4ccc(I)c(Br)c4)OC3=O)cc2)cc1. The van der Waals surface area contributed by atoms with Crippen LogP contribution in [0.25, 0.3) is 6.08 Å². The Morgan fingerprint density at radius 1 is 1.06 bits per heavy atom. The molecule has 0 saturated carbocycles. The van der Waals surface area contributed by atoms with Crippen LogP contribution in [0.3, 0.4) is 0 Å². The van der Waals surface area contributed by atoms with Crippen LogP contribution in [0.2, 0.25) is 0 Å². The number of rotatable bonds is 4. The molecule has 0 spiro atoms. The Hall–Kier alpha value is -2.78. The highest BCUT2D eigenvalue weighted by Gasteiger charge is 2.24. The third kappa shape index (κ3) is 5.11. The Morgan fingerprint density at radius 2 is 1.77 bits per heavy atom. The second-order valence-electron chi connectivity index (χ2n) is 6.79. The Kier molecular flexibility index (Phi) is 6.33. The molecule has 0 aliphatic carbocycles. The van der Waals surface area contributed by atoms with E-state index < -0.39 is 11.9 Å². The molecule has 31 heavy (non-hydrogen) atoms. The first-order valence-corrected chi connectivity index (χ1v) is 11.1. The monoisotopic (exact) mass is 587 g/mol. The second kappa shape index (κ2) is 9.15. The lowest BCUT2D eigenvalue weighted by molar-refractivity contribution is -0.129. The van der Waals surface area contributed by atoms with Crippen LogP contribution in [0, 0.1) is 10.5 Å². The molecule has 1 heterocycles. The number of aryl methyl sites for hydroxylation is 1. The molecule has 0 amide bonds. The lowest BCUT2D eigenvalue weighted by atomic mass is 10.1. The number of halogens is 2. The smallest absolute Gasteiger partial charge is 0.363 e. The molecule has 0 atom stereocenters. The quantitative estimate of drug-likeness (QED) is 0.164. The summed E-state index contributed by atoms with van der Waals surface area (Å²) in [4.78, 5) is 28.8. The lowest BCUT2D eigenvalue weighted by Crippen LogP contribution is -2.08. The minimum Gasteiger partial charge on any atom is -0.423 e. The molecule has 3 aromatic rings. The molecule has 0 N–H and O–H groups in total. The van der Waals surface area contributed by atoms with Crippen LogP contribution < -0.4 is 4.74 Å². The number of ether oxygens (including phenoxy) is 2. The number of cyclic esters (lactones) is 1. The summed E-state index contributed by atoms with van der Waals surface area (Å²) in [6.45, 7) is 1.95. The zero-order valence-corrected chi connectivity index (χ0v) is 20.0. The van der Waals surface area contributed by atoms with Crippen molar-refractivity contribution in [2.24, 2.45) is 4.99 Å². The van der Waals surface area contributed by atoms with Gasteiger partial charge in [-0.2, -0.15) is 0 Å². The number of carbonyl (C=O) groups excluding carboxylic acids is 2. The Balaban J connectivity index is 1.49. The molecule has 4 rings (SSSR count). The molecule has 0 aromatic heterocycles. The van der Waals surface area contributed by atoms with Crippen LogP contribution in [0.15, 0.2) is 81.9 Å². The van der Waals surface area contributed by atoms with Gasteiger partial charge in [-0.3, -0.25) is 0 Å². The van der Waals surface area contributed by atoms with Crippen molar-refractivity contribution in [1.82, 2.24) is 0 Å². The normalized spacial score (nSPS) is 14.4. The molecular weight excluding hydrogens is 573 g/mol. The summed E-state index contributed by atoms with van der Waals surface area (Å²) in [7, 11) is 0. The van der Waals surface area contributed by atoms with Gasteiger partial charge in [0.05, 0.1) is 5.56 Å². The van der Waals surface area contributed by atoms with Crippen molar-refractivity contribution in [1.29, 1.82) is 0 Å². The van der Waals surface area contributed by atoms with Gasteiger partial charge in [-0.25, -0.2) is 14.6 Å². The van der Waals surface area contributed by atoms with E-state index in [1.807, 2.05) is 37.3 Å². The first kappa shape index (κ1) is 21.5. The average Bonchev–Trinajstić information content (AvgIpc) is 3.12. The zero-order valence-electron chi connectivity index (χ0n) is 16.3. The third-order valence-corrected chi connectivity index (χ3v) is 6.81. The fourth-order valence-electron chi connectivity index (χ4n) is 2.81. The predicted octanol–water partition coefficient (Wildman–Crippen LogP) is 5.93. The van der Waals surface area contributed by atoms with Crippen LogP contribution in [0.4, 0.5) is 0 Å². The lowest BCUT2D eigenvalue weighted by Gasteiger charge is -2.05. The fourth-order valence-corrected chi connectivity index (χ4v) is 3.52. The van der Waals surface area contributed by atoms with Crippen LogP contribution >= 0.6 is 38.5 Å². The van der Waals surface area contributed by atoms with Crippen molar-refractivity contribution in [2.75, 3.05) is 0 Å². The molecule has 1 aliphatic heterocycles. The average molecular weight is 588 g/mol. The van der Waals surface area contributed by atoms with Crippen LogP contribution in [-0.2, 0) is 9.53 Å². The number of nitrogens with zero attached hydrogens (tertiary/aromatic N) is 1. The van der Waals surface area contributed by atoms with Crippen LogP contribution in [0.5, 0.6) is 5.75 Å². The predicted molar refractivity (Wildman–Crippen MR) is 130 cm³/mol. The molecule has 0 saturated heterocycles. The van der Waals surface area contributed by atoms with E-state index in [0.717, 1.165) is 19.2 Å². The largest absolute Gasteiger partial charge is 0.423 e. The van der Waals surface area contributed by atoms with Crippen LogP contribution in [-0.4, -0.2) is 17.8 Å². The summed E-state index contributed by atoms with van der Waals surface area (Å²) in [6.07, 6.45) is 1.63. The van der Waals surface area contributed by atoms with Crippen molar-refractivity contribution in [2.45, 2.75) is 6.92 Å². The summed E-state index contributed by atoms with van der Waals surface area (Å²) in [5.41, 5.74) is 3.20. The van der Waals surface area contributed by atoms with Gasteiger partial charge in [-0.1, -0.05) is 29.8 Å². The van der Waals surface area contributed by atoms with E-state index in [0.29, 0.717) is 16.9 Å². The number of hydrogen-bond acceptors (Lipinski definition) is 5. The summed E-state index contributed by atoms with van der Waals surface area (Å²) in [5, 5.41) is 0. The van der Waals surface area contributed by atoms with Gasteiger partial charge >= 0.3 is 11.9 Å². The Morgan fingerprint density at radius 3 is 2.45 bits per heavy atom. The van der Waals surface area contributed by atoms with Crippen molar-refractivity contribution < 1.29 is 19.1 Å². The van der Waals surface area contributed by atoms with Crippen molar-refractivity contribution in [3.05, 3.63) is 103 Å². The first-order valence-electron chi connectivity index (χ1n) is 9.26. The van der Waals surface area contributed by atoms with Gasteiger partial charge in [0.2, 0.25) is 5.90 Å². The molecule has 5 nitrogen and oxygen atoms in total. The van der Waals surface area contributed by atoms with E-state index in [-0.39, 0.29) is 11.6 Å². The Bertz CT molecular complexity index is 1230. The highest BCUT2D eigenvalue weighted by atomic mass is 127. The molecule has 7 heteroatoms. The topological polar surface area (TPSA) is 65.0 Å². The first-order chi connectivity index (χ1) is 14.9. The van der Waals surface area contributed by atoms with Gasteiger partial charge in [0.1, 0.15) is 5.75 Å². The van der Waals surface area contributed by atoms with Crippen LogP contribution in [0.1, 0.15) is 27.0 Å². The molecule has 0 radical (unpaired) electrons. The highest BCUT2D eigenvalue weighted by molar-refractivity contribution is 14.1. The van der Waals surface area contributed by atoms with E-state index in [4.69, 9.17) is 9.47 Å². The van der Waals surface area contributed by atoms with Crippen molar-refractivity contribution in [3.63, 3.8) is 0 Å². The zero-order chi connectivity index (χ0) is 22.0. The molecule has 3 aromatic carbocycles. The summed E-state index contributed by atoms with van der Waals surface area (Å²) < 4.78 is 12.7. The van der Waals surface area contributed by atoms with Gasteiger partial charge in [-0.15, -0.1) is 0 Å². The van der Waals surface area contributed by atoms with Crippen molar-refractivity contribution in [3.8, 4) is 5.75 Å². The molecular formula is C24H15BrINO4. The maximum absolute atomic E-state index is 12.2.